The highest BCUT2D eigenvalue weighted by atomic mass is 35.5. The largest absolute Gasteiger partial charge is 0.396 e. The van der Waals surface area contributed by atoms with Crippen LogP contribution in [0, 0.1) is 11.3 Å². The second kappa shape index (κ2) is 6.33. The highest BCUT2D eigenvalue weighted by Gasteiger charge is 2.51. The smallest absolute Gasteiger partial charge is 0.211 e. The van der Waals surface area contributed by atoms with Gasteiger partial charge in [-0.3, -0.25) is 4.90 Å². The topological polar surface area (TPSA) is 60.9 Å². The fourth-order valence-electron chi connectivity index (χ4n) is 3.89. The molecule has 1 aromatic carbocycles. The summed E-state index contributed by atoms with van der Waals surface area (Å²) in [6.07, 6.45) is 2.17. The number of fused-ring (bicyclic) bond motifs is 1. The van der Waals surface area contributed by atoms with Gasteiger partial charge in [0.25, 0.3) is 0 Å². The zero-order chi connectivity index (χ0) is 16.7. The standard InChI is InChI=1S/C16H23ClN2O3S/c1-23(21,22)19-9-14-6-7-18(10-16(14,11-19)12-20)8-13-2-4-15(17)5-3-13/h2-5,14,20H,6-12H2,1H3/t14-,16+/m1/s1. The van der Waals surface area contributed by atoms with Crippen molar-refractivity contribution in [2.45, 2.75) is 13.0 Å². The normalized spacial score (nSPS) is 29.6. The lowest BCUT2D eigenvalue weighted by Crippen LogP contribution is -2.50. The monoisotopic (exact) mass is 358 g/mol. The fourth-order valence-corrected chi connectivity index (χ4v) is 4.96. The number of hydrogen-bond donors (Lipinski definition) is 1. The molecule has 2 atom stereocenters. The van der Waals surface area contributed by atoms with Gasteiger partial charge in [-0.1, -0.05) is 23.7 Å². The number of hydrogen-bond acceptors (Lipinski definition) is 4. The minimum Gasteiger partial charge on any atom is -0.396 e. The Morgan fingerprint density at radius 3 is 2.61 bits per heavy atom. The predicted molar refractivity (Wildman–Crippen MR) is 90.8 cm³/mol. The first-order valence-electron chi connectivity index (χ1n) is 7.85. The second-order valence-electron chi connectivity index (χ2n) is 6.90. The van der Waals surface area contributed by atoms with E-state index in [1.807, 2.05) is 24.3 Å². The number of benzene rings is 1. The third-order valence-corrected chi connectivity index (χ3v) is 6.69. The number of piperidine rings is 1. The molecule has 0 radical (unpaired) electrons. The molecule has 23 heavy (non-hydrogen) atoms. The van der Waals surface area contributed by atoms with Crippen LogP contribution in [0.1, 0.15) is 12.0 Å². The van der Waals surface area contributed by atoms with Gasteiger partial charge in [0.05, 0.1) is 12.9 Å². The van der Waals surface area contributed by atoms with Gasteiger partial charge in [0, 0.05) is 36.6 Å². The van der Waals surface area contributed by atoms with Gasteiger partial charge in [-0.15, -0.1) is 0 Å². The maximum absolute atomic E-state index is 11.9. The lowest BCUT2D eigenvalue weighted by Gasteiger charge is -2.43. The van der Waals surface area contributed by atoms with Crippen molar-refractivity contribution in [3.63, 3.8) is 0 Å². The van der Waals surface area contributed by atoms with Crippen LogP contribution in [0.4, 0.5) is 0 Å². The minimum absolute atomic E-state index is 0.0286. The molecule has 2 aliphatic rings. The van der Waals surface area contributed by atoms with Crippen LogP contribution in [0.25, 0.3) is 0 Å². The van der Waals surface area contributed by atoms with Gasteiger partial charge < -0.3 is 5.11 Å². The SMILES string of the molecule is CS(=O)(=O)N1C[C@H]2CCN(Cc3ccc(Cl)cc3)C[C@@]2(CO)C1. The molecule has 0 bridgehead atoms. The van der Waals surface area contributed by atoms with Gasteiger partial charge in [-0.2, -0.15) is 0 Å². The van der Waals surface area contributed by atoms with Gasteiger partial charge in [-0.25, -0.2) is 12.7 Å². The molecule has 7 heteroatoms. The van der Waals surface area contributed by atoms with Crippen molar-refractivity contribution in [3.05, 3.63) is 34.9 Å². The van der Waals surface area contributed by atoms with Crippen molar-refractivity contribution in [1.29, 1.82) is 0 Å². The predicted octanol–water partition coefficient (Wildman–Crippen LogP) is 1.42. The molecule has 0 aromatic heterocycles. The summed E-state index contributed by atoms with van der Waals surface area (Å²) in [7, 11) is -3.20. The van der Waals surface area contributed by atoms with Crippen LogP contribution >= 0.6 is 11.6 Å². The van der Waals surface area contributed by atoms with E-state index in [4.69, 9.17) is 11.6 Å². The molecule has 2 aliphatic heterocycles. The van der Waals surface area contributed by atoms with E-state index in [2.05, 4.69) is 4.90 Å². The Labute approximate surface area is 142 Å². The van der Waals surface area contributed by atoms with Crippen LogP contribution in [0.15, 0.2) is 24.3 Å². The Morgan fingerprint density at radius 2 is 2.00 bits per heavy atom. The third kappa shape index (κ3) is 3.56. The number of aliphatic hydroxyl groups is 1. The molecule has 2 fully saturated rings. The average Bonchev–Trinajstić information content (AvgIpc) is 2.89. The summed E-state index contributed by atoms with van der Waals surface area (Å²) in [5.74, 6) is 0.240. The zero-order valence-corrected chi connectivity index (χ0v) is 14.9. The second-order valence-corrected chi connectivity index (χ2v) is 9.32. The summed E-state index contributed by atoms with van der Waals surface area (Å²) in [5.41, 5.74) is 0.840. The maximum atomic E-state index is 11.9. The van der Waals surface area contributed by atoms with Crippen molar-refractivity contribution in [2.75, 3.05) is 39.0 Å². The van der Waals surface area contributed by atoms with Crippen LogP contribution in [0.2, 0.25) is 5.02 Å². The lowest BCUT2D eigenvalue weighted by molar-refractivity contribution is 0.00883. The quantitative estimate of drug-likeness (QED) is 0.884. The summed E-state index contributed by atoms with van der Waals surface area (Å²) in [4.78, 5) is 2.31. The summed E-state index contributed by atoms with van der Waals surface area (Å²) in [6.45, 7) is 3.43. The van der Waals surface area contributed by atoms with Crippen LogP contribution in [0.3, 0.4) is 0 Å². The molecule has 0 unspecified atom stereocenters. The Hall–Kier alpha value is -0.660. The van der Waals surface area contributed by atoms with Crippen LogP contribution in [-0.2, 0) is 16.6 Å². The van der Waals surface area contributed by atoms with E-state index in [1.54, 1.807) is 0 Å². The molecule has 0 amide bonds. The number of aliphatic hydroxyl groups excluding tert-OH is 1. The first kappa shape index (κ1) is 17.2. The van der Waals surface area contributed by atoms with E-state index in [9.17, 15) is 13.5 Å². The molecular formula is C16H23ClN2O3S. The van der Waals surface area contributed by atoms with Gasteiger partial charge in [0.15, 0.2) is 0 Å². The number of likely N-dealkylation sites (tertiary alicyclic amines) is 1. The number of nitrogens with zero attached hydrogens (tertiary/aromatic N) is 2. The summed E-state index contributed by atoms with van der Waals surface area (Å²) < 4.78 is 25.2. The van der Waals surface area contributed by atoms with E-state index in [0.717, 1.165) is 31.1 Å². The molecule has 2 heterocycles. The molecular weight excluding hydrogens is 336 g/mol. The van der Waals surface area contributed by atoms with Crippen molar-refractivity contribution in [1.82, 2.24) is 9.21 Å². The van der Waals surface area contributed by atoms with E-state index >= 15 is 0 Å². The van der Waals surface area contributed by atoms with Gasteiger partial charge in [0.1, 0.15) is 0 Å². The summed E-state index contributed by atoms with van der Waals surface area (Å²) >= 11 is 5.92. The van der Waals surface area contributed by atoms with Crippen molar-refractivity contribution in [3.8, 4) is 0 Å². The molecule has 1 aromatic rings. The van der Waals surface area contributed by atoms with Crippen LogP contribution < -0.4 is 0 Å². The van der Waals surface area contributed by atoms with Crippen LogP contribution in [-0.4, -0.2) is 61.8 Å². The molecule has 5 nitrogen and oxygen atoms in total. The average molecular weight is 359 g/mol. The van der Waals surface area contributed by atoms with Gasteiger partial charge in [0.2, 0.25) is 10.0 Å². The van der Waals surface area contributed by atoms with E-state index < -0.39 is 10.0 Å². The molecule has 2 saturated heterocycles. The maximum Gasteiger partial charge on any atom is 0.211 e. The van der Waals surface area contributed by atoms with E-state index in [-0.39, 0.29) is 17.9 Å². The summed E-state index contributed by atoms with van der Waals surface area (Å²) in [5, 5.41) is 10.7. The first-order chi connectivity index (χ1) is 10.8. The number of sulfonamides is 1. The minimum atomic E-state index is -3.20. The molecule has 0 spiro atoms. The van der Waals surface area contributed by atoms with Crippen molar-refractivity contribution >= 4 is 21.6 Å². The lowest BCUT2D eigenvalue weighted by atomic mass is 9.74. The van der Waals surface area contributed by atoms with Crippen molar-refractivity contribution in [2.24, 2.45) is 11.3 Å². The molecule has 0 saturated carbocycles. The fraction of sp³-hybridized carbons (Fsp3) is 0.625. The van der Waals surface area contributed by atoms with Gasteiger partial charge in [-0.05, 0) is 36.6 Å². The first-order valence-corrected chi connectivity index (χ1v) is 10.1. The molecule has 0 aliphatic carbocycles. The number of halogens is 1. The molecule has 1 N–H and O–H groups in total. The van der Waals surface area contributed by atoms with Crippen LogP contribution in [0.5, 0.6) is 0 Å². The Bertz CT molecular complexity index is 664. The molecule has 128 valence electrons. The highest BCUT2D eigenvalue weighted by molar-refractivity contribution is 7.88. The Kier molecular flexibility index (Phi) is 4.73. The third-order valence-electron chi connectivity index (χ3n) is 5.22. The van der Waals surface area contributed by atoms with Gasteiger partial charge >= 0.3 is 0 Å². The Morgan fingerprint density at radius 1 is 1.30 bits per heavy atom. The van der Waals surface area contributed by atoms with E-state index in [1.165, 1.54) is 16.1 Å². The highest BCUT2D eigenvalue weighted by Crippen LogP contribution is 2.42. The summed E-state index contributed by atoms with van der Waals surface area (Å²) in [6, 6.07) is 7.79. The zero-order valence-electron chi connectivity index (χ0n) is 13.3. The van der Waals surface area contributed by atoms with E-state index in [0.29, 0.717) is 13.1 Å². The number of rotatable bonds is 4. The van der Waals surface area contributed by atoms with Crippen molar-refractivity contribution < 1.29 is 13.5 Å². The Balaban J connectivity index is 1.73. The molecule has 3 rings (SSSR count).